The van der Waals surface area contributed by atoms with Crippen molar-refractivity contribution in [1.82, 2.24) is 4.90 Å². The minimum absolute atomic E-state index is 0.277. The topological polar surface area (TPSA) is 54.4 Å². The van der Waals surface area contributed by atoms with Crippen molar-refractivity contribution in [3.63, 3.8) is 0 Å². The van der Waals surface area contributed by atoms with Crippen molar-refractivity contribution in [1.29, 1.82) is 0 Å². The first-order valence-electron chi connectivity index (χ1n) is 14.8. The Labute approximate surface area is 244 Å². The van der Waals surface area contributed by atoms with Crippen LogP contribution in [0.25, 0.3) is 0 Å². The van der Waals surface area contributed by atoms with Crippen LogP contribution >= 0.6 is 0 Å². The first-order chi connectivity index (χ1) is 19.9. The van der Waals surface area contributed by atoms with Crippen molar-refractivity contribution in [3.8, 4) is 23.0 Å². The summed E-state index contributed by atoms with van der Waals surface area (Å²) in [5.41, 5.74) is 5.60. The number of ether oxygens (including phenoxy) is 3. The Morgan fingerprint density at radius 2 is 1.71 bits per heavy atom. The monoisotopic (exact) mass is 564 g/mol. The third-order valence-electron chi connectivity index (χ3n) is 8.11. The second kappa shape index (κ2) is 14.4. The highest BCUT2D eigenvalue weighted by Gasteiger charge is 2.26. The molecule has 1 aliphatic carbocycles. The zero-order valence-corrected chi connectivity index (χ0v) is 25.2. The smallest absolute Gasteiger partial charge is 0.165 e. The van der Waals surface area contributed by atoms with Crippen LogP contribution in [0.5, 0.6) is 23.0 Å². The van der Waals surface area contributed by atoms with Gasteiger partial charge in [0.05, 0.1) is 14.2 Å². The number of unbranched alkanes of at least 4 members (excludes halogenated alkanes) is 1. The third kappa shape index (κ3) is 7.64. The molecule has 3 aromatic carbocycles. The summed E-state index contributed by atoms with van der Waals surface area (Å²) in [7, 11) is 5.38. The SMILES string of the molecule is CCCCN(C)CCOc1ccc(CN(CC)c2cc(OC)c(OC)cc2[C@@H]2CCc3cc(O)ccc3C2)cc1F. The largest absolute Gasteiger partial charge is 0.508 e. The Bertz CT molecular complexity index is 1300. The lowest BCUT2D eigenvalue weighted by molar-refractivity contribution is 0.229. The summed E-state index contributed by atoms with van der Waals surface area (Å²) in [5.74, 6) is 1.91. The fraction of sp³-hybridized carbons (Fsp3) is 0.471. The van der Waals surface area contributed by atoms with Crippen LogP contribution in [-0.2, 0) is 19.4 Å². The van der Waals surface area contributed by atoms with Crippen LogP contribution in [0.15, 0.2) is 48.5 Å². The number of methoxy groups -OCH3 is 2. The third-order valence-corrected chi connectivity index (χ3v) is 8.11. The predicted molar refractivity (Wildman–Crippen MR) is 163 cm³/mol. The summed E-state index contributed by atoms with van der Waals surface area (Å²) in [6, 6.07) is 15.1. The Morgan fingerprint density at radius 1 is 0.927 bits per heavy atom. The molecule has 0 fully saturated rings. The molecule has 0 bridgehead atoms. The highest BCUT2D eigenvalue weighted by atomic mass is 19.1. The highest BCUT2D eigenvalue weighted by Crippen LogP contribution is 2.43. The van der Waals surface area contributed by atoms with Crippen LogP contribution < -0.4 is 19.1 Å². The molecule has 1 N–H and O–H groups in total. The van der Waals surface area contributed by atoms with Crippen LogP contribution in [0.1, 0.15) is 61.3 Å². The fourth-order valence-electron chi connectivity index (χ4n) is 5.69. The van der Waals surface area contributed by atoms with Gasteiger partial charge in [0.1, 0.15) is 12.4 Å². The molecule has 4 rings (SSSR count). The maximum absolute atomic E-state index is 15.1. The molecule has 6 nitrogen and oxygen atoms in total. The first kappa shape index (κ1) is 30.5. The van der Waals surface area contributed by atoms with Gasteiger partial charge in [-0.25, -0.2) is 4.39 Å². The van der Waals surface area contributed by atoms with Crippen molar-refractivity contribution >= 4 is 5.69 Å². The zero-order chi connectivity index (χ0) is 29.4. The van der Waals surface area contributed by atoms with Gasteiger partial charge in [-0.1, -0.05) is 25.5 Å². The number of hydrogen-bond donors (Lipinski definition) is 1. The van der Waals surface area contributed by atoms with Crippen molar-refractivity contribution in [2.24, 2.45) is 0 Å². The summed E-state index contributed by atoms with van der Waals surface area (Å²) >= 11 is 0. The summed E-state index contributed by atoms with van der Waals surface area (Å²) in [4.78, 5) is 4.48. The number of nitrogens with zero attached hydrogens (tertiary/aromatic N) is 2. The van der Waals surface area contributed by atoms with E-state index >= 15 is 4.39 Å². The van der Waals surface area contributed by atoms with Crippen molar-refractivity contribution in [3.05, 3.63) is 76.6 Å². The van der Waals surface area contributed by atoms with Crippen LogP contribution in [0.3, 0.4) is 0 Å². The number of benzene rings is 3. The average Bonchev–Trinajstić information content (AvgIpc) is 2.98. The molecular formula is C34H45FN2O4. The summed E-state index contributed by atoms with van der Waals surface area (Å²) < 4.78 is 32.2. The van der Waals surface area contributed by atoms with E-state index in [1.807, 2.05) is 24.3 Å². The van der Waals surface area contributed by atoms with Gasteiger partial charge >= 0.3 is 0 Å². The molecule has 0 aromatic heterocycles. The molecule has 0 heterocycles. The number of halogens is 1. The normalized spacial score (nSPS) is 14.6. The van der Waals surface area contributed by atoms with Gasteiger partial charge in [0.15, 0.2) is 23.1 Å². The van der Waals surface area contributed by atoms with Crippen LogP contribution in [0.2, 0.25) is 0 Å². The lowest BCUT2D eigenvalue weighted by atomic mass is 9.79. The molecule has 3 aromatic rings. The molecule has 0 amide bonds. The van der Waals surface area contributed by atoms with Crippen molar-refractivity contribution in [2.45, 2.75) is 58.4 Å². The number of aromatic hydroxyl groups is 1. The molecule has 1 aliphatic rings. The first-order valence-corrected chi connectivity index (χ1v) is 14.8. The van der Waals surface area contributed by atoms with Gasteiger partial charge in [0.25, 0.3) is 0 Å². The van der Waals surface area contributed by atoms with E-state index in [2.05, 4.69) is 36.8 Å². The zero-order valence-electron chi connectivity index (χ0n) is 25.2. The minimum atomic E-state index is -0.338. The number of anilines is 1. The summed E-state index contributed by atoms with van der Waals surface area (Å²) in [6.07, 6.45) is 5.04. The van der Waals surface area contributed by atoms with Gasteiger partial charge in [-0.2, -0.15) is 0 Å². The van der Waals surface area contributed by atoms with Crippen molar-refractivity contribution in [2.75, 3.05) is 52.4 Å². The molecule has 0 spiro atoms. The summed E-state index contributed by atoms with van der Waals surface area (Å²) in [5, 5.41) is 9.94. The lowest BCUT2D eigenvalue weighted by Crippen LogP contribution is -2.26. The van der Waals surface area contributed by atoms with E-state index in [0.29, 0.717) is 36.1 Å². The molecule has 222 valence electrons. The number of likely N-dealkylation sites (N-methyl/N-ethyl adjacent to an activating group) is 1. The number of aryl methyl sites for hydroxylation is 1. The molecule has 0 saturated heterocycles. The van der Waals surface area contributed by atoms with Crippen LogP contribution in [0, 0.1) is 5.82 Å². The van der Waals surface area contributed by atoms with E-state index in [9.17, 15) is 5.11 Å². The molecule has 7 heteroatoms. The van der Waals surface area contributed by atoms with E-state index in [-0.39, 0.29) is 11.7 Å². The maximum atomic E-state index is 15.1. The van der Waals surface area contributed by atoms with Gasteiger partial charge in [-0.05, 0) is 105 Å². The van der Waals surface area contributed by atoms with E-state index < -0.39 is 0 Å². The standard InChI is InChI=1S/C34H45FN2O4/c1-6-8-15-36(3)16-17-41-32-14-9-24(18-30(32)35)23-37(7-2)31-22-34(40-5)33(39-4)21-29(31)27-11-10-26-20-28(38)13-12-25(26)19-27/h9,12-14,18,20-22,27,38H,6-8,10-11,15-17,19,23H2,1-5H3/t27-/m1/s1. The molecule has 1 atom stereocenters. The second-order valence-corrected chi connectivity index (χ2v) is 10.9. The predicted octanol–water partition coefficient (Wildman–Crippen LogP) is 6.96. The quantitative estimate of drug-likeness (QED) is 0.229. The Kier molecular flexibility index (Phi) is 10.7. The van der Waals surface area contributed by atoms with Crippen molar-refractivity contribution < 1.29 is 23.7 Å². The molecule has 0 unspecified atom stereocenters. The average molecular weight is 565 g/mol. The number of rotatable bonds is 14. The Hall–Kier alpha value is -3.45. The molecular weight excluding hydrogens is 519 g/mol. The molecule has 0 saturated carbocycles. The van der Waals surface area contributed by atoms with E-state index in [1.54, 1.807) is 32.4 Å². The number of phenolic OH excluding ortho intramolecular Hbond substituents is 1. The molecule has 0 aliphatic heterocycles. The van der Waals surface area contributed by atoms with Crippen LogP contribution in [0.4, 0.5) is 10.1 Å². The van der Waals surface area contributed by atoms with Crippen LogP contribution in [-0.4, -0.2) is 57.5 Å². The van der Waals surface area contributed by atoms with E-state index in [0.717, 1.165) is 63.0 Å². The van der Waals surface area contributed by atoms with Gasteiger partial charge in [0.2, 0.25) is 0 Å². The maximum Gasteiger partial charge on any atom is 0.165 e. The Balaban J connectivity index is 1.55. The van der Waals surface area contributed by atoms with Gasteiger partial charge in [-0.3, -0.25) is 0 Å². The second-order valence-electron chi connectivity index (χ2n) is 10.9. The summed E-state index contributed by atoms with van der Waals surface area (Å²) in [6.45, 7) is 7.81. The number of phenols is 1. The van der Waals surface area contributed by atoms with E-state index in [1.165, 1.54) is 16.7 Å². The minimum Gasteiger partial charge on any atom is -0.508 e. The number of hydrogen-bond acceptors (Lipinski definition) is 6. The highest BCUT2D eigenvalue weighted by molar-refractivity contribution is 5.64. The number of fused-ring (bicyclic) bond motifs is 1. The van der Waals surface area contributed by atoms with Gasteiger partial charge < -0.3 is 29.1 Å². The van der Waals surface area contributed by atoms with E-state index in [4.69, 9.17) is 14.2 Å². The molecule has 0 radical (unpaired) electrons. The fourth-order valence-corrected chi connectivity index (χ4v) is 5.69. The van der Waals surface area contributed by atoms with Gasteiger partial charge in [-0.15, -0.1) is 0 Å². The lowest BCUT2D eigenvalue weighted by Gasteiger charge is -2.32. The molecule has 41 heavy (non-hydrogen) atoms. The van der Waals surface area contributed by atoms with Gasteiger partial charge in [0, 0.05) is 31.4 Å². The Morgan fingerprint density at radius 3 is 2.41 bits per heavy atom.